The fourth-order valence-corrected chi connectivity index (χ4v) is 3.52. The van der Waals surface area contributed by atoms with Crippen molar-refractivity contribution in [3.63, 3.8) is 0 Å². The average molecular weight is 446 g/mol. The van der Waals surface area contributed by atoms with Gasteiger partial charge in [0.1, 0.15) is 23.0 Å². The third kappa shape index (κ3) is 4.57. The van der Waals surface area contributed by atoms with E-state index in [2.05, 4.69) is 5.32 Å². The van der Waals surface area contributed by atoms with Crippen molar-refractivity contribution < 1.29 is 23.5 Å². The highest BCUT2D eigenvalue weighted by Gasteiger charge is 2.40. The molecule has 6 nitrogen and oxygen atoms in total. The van der Waals surface area contributed by atoms with Gasteiger partial charge in [0.05, 0.1) is 25.0 Å². The molecule has 0 fully saturated rings. The quantitative estimate of drug-likeness (QED) is 0.492. The topological polar surface area (TPSA) is 67.9 Å². The van der Waals surface area contributed by atoms with Crippen molar-refractivity contribution in [2.45, 2.75) is 13.3 Å². The molecule has 0 saturated heterocycles. The molecule has 4 rings (SSSR count). The number of carbonyl (C=O) groups excluding carboxylic acids is 2. The van der Waals surface area contributed by atoms with Gasteiger partial charge < -0.3 is 14.8 Å². The molecule has 0 aliphatic carbocycles. The van der Waals surface area contributed by atoms with Crippen molar-refractivity contribution in [1.29, 1.82) is 0 Å². The smallest absolute Gasteiger partial charge is 0.282 e. The fraction of sp³-hybridized carbons (Fsp3) is 0.154. The van der Waals surface area contributed by atoms with Gasteiger partial charge in [-0.05, 0) is 60.5 Å². The highest BCUT2D eigenvalue weighted by atomic mass is 19.1. The molecular weight excluding hydrogens is 423 g/mol. The summed E-state index contributed by atoms with van der Waals surface area (Å²) >= 11 is 0. The minimum absolute atomic E-state index is 0.125. The number of methoxy groups -OCH3 is 1. The van der Waals surface area contributed by atoms with Crippen LogP contribution in [0.4, 0.5) is 15.8 Å². The lowest BCUT2D eigenvalue weighted by molar-refractivity contribution is -0.120. The Bertz CT molecular complexity index is 1200. The molecule has 0 aromatic heterocycles. The molecule has 1 aliphatic rings. The Kier molecular flexibility index (Phi) is 6.40. The van der Waals surface area contributed by atoms with E-state index in [9.17, 15) is 14.0 Å². The zero-order valence-corrected chi connectivity index (χ0v) is 18.3. The molecule has 0 saturated carbocycles. The molecule has 3 aromatic rings. The van der Waals surface area contributed by atoms with Crippen molar-refractivity contribution >= 4 is 28.8 Å². The maximum Gasteiger partial charge on any atom is 0.282 e. The maximum atomic E-state index is 13.4. The summed E-state index contributed by atoms with van der Waals surface area (Å²) in [6.45, 7) is 2.60. The zero-order chi connectivity index (χ0) is 23.4. The van der Waals surface area contributed by atoms with Gasteiger partial charge in [-0.25, -0.2) is 9.29 Å². The largest absolute Gasteiger partial charge is 0.497 e. The van der Waals surface area contributed by atoms with Crippen LogP contribution in [0.3, 0.4) is 0 Å². The molecule has 0 atom stereocenters. The third-order valence-corrected chi connectivity index (χ3v) is 5.12. The van der Waals surface area contributed by atoms with Gasteiger partial charge in [0.25, 0.3) is 11.8 Å². The molecule has 0 bridgehead atoms. The van der Waals surface area contributed by atoms with Gasteiger partial charge in [-0.1, -0.05) is 25.1 Å². The standard InChI is InChI=1S/C26H23FN2O4/c1-3-15-33-21-13-7-17(8-14-21)23-24(28-19-5-4-6-22(16-19)32-2)26(31)29(25(23)30)20-11-9-18(27)10-12-20/h4-14,16,28H,3,15H2,1-2H3. The van der Waals surface area contributed by atoms with E-state index in [1.807, 2.05) is 6.92 Å². The van der Waals surface area contributed by atoms with Gasteiger partial charge in [-0.3, -0.25) is 9.59 Å². The van der Waals surface area contributed by atoms with E-state index in [1.54, 1.807) is 55.6 Å². The molecule has 1 N–H and O–H groups in total. The number of nitrogens with zero attached hydrogens (tertiary/aromatic N) is 1. The van der Waals surface area contributed by atoms with E-state index >= 15 is 0 Å². The number of amides is 2. The van der Waals surface area contributed by atoms with Gasteiger partial charge in [-0.15, -0.1) is 0 Å². The normalized spacial score (nSPS) is 13.5. The lowest BCUT2D eigenvalue weighted by Crippen LogP contribution is -2.32. The zero-order valence-electron chi connectivity index (χ0n) is 18.3. The summed E-state index contributed by atoms with van der Waals surface area (Å²) in [5, 5.41) is 3.09. The van der Waals surface area contributed by atoms with Crippen molar-refractivity contribution in [2.75, 3.05) is 23.9 Å². The van der Waals surface area contributed by atoms with Crippen LogP contribution in [0, 0.1) is 5.82 Å². The summed E-state index contributed by atoms with van der Waals surface area (Å²) in [5.74, 6) is -0.208. The third-order valence-electron chi connectivity index (χ3n) is 5.12. The molecule has 1 heterocycles. The summed E-state index contributed by atoms with van der Waals surface area (Å²) in [6.07, 6.45) is 0.876. The Morgan fingerprint density at radius 3 is 2.30 bits per heavy atom. The van der Waals surface area contributed by atoms with Crippen molar-refractivity contribution in [2.24, 2.45) is 0 Å². The number of benzene rings is 3. The molecule has 1 aliphatic heterocycles. The van der Waals surface area contributed by atoms with Gasteiger partial charge in [0.2, 0.25) is 0 Å². The minimum Gasteiger partial charge on any atom is -0.497 e. The Hall–Kier alpha value is -4.13. The Balaban J connectivity index is 1.76. The molecule has 7 heteroatoms. The molecule has 168 valence electrons. The van der Waals surface area contributed by atoms with Crippen molar-refractivity contribution in [3.05, 3.63) is 89.9 Å². The highest BCUT2D eigenvalue weighted by molar-refractivity contribution is 6.46. The summed E-state index contributed by atoms with van der Waals surface area (Å²) in [6, 6.07) is 19.3. The number of halogens is 1. The van der Waals surface area contributed by atoms with Crippen LogP contribution in [0.5, 0.6) is 11.5 Å². The SMILES string of the molecule is CCCOc1ccc(C2=C(Nc3cccc(OC)c3)C(=O)N(c3ccc(F)cc3)C2=O)cc1. The van der Waals surface area contributed by atoms with E-state index in [0.717, 1.165) is 11.3 Å². The molecular formula is C26H23FN2O4. The summed E-state index contributed by atoms with van der Waals surface area (Å²) in [5.41, 5.74) is 1.78. The van der Waals surface area contributed by atoms with E-state index in [4.69, 9.17) is 9.47 Å². The Labute approximate surface area is 191 Å². The van der Waals surface area contributed by atoms with Gasteiger partial charge in [-0.2, -0.15) is 0 Å². The van der Waals surface area contributed by atoms with Gasteiger partial charge in [0.15, 0.2) is 0 Å². The number of hydrogen-bond donors (Lipinski definition) is 1. The second-order valence-electron chi connectivity index (χ2n) is 7.40. The van der Waals surface area contributed by atoms with Crippen LogP contribution >= 0.6 is 0 Å². The van der Waals surface area contributed by atoms with E-state index in [1.165, 1.54) is 24.3 Å². The molecule has 2 amide bonds. The molecule has 0 unspecified atom stereocenters. The minimum atomic E-state index is -0.532. The average Bonchev–Trinajstić information content (AvgIpc) is 3.08. The number of nitrogens with one attached hydrogen (secondary N) is 1. The van der Waals surface area contributed by atoms with E-state index < -0.39 is 17.6 Å². The maximum absolute atomic E-state index is 13.4. The molecule has 0 spiro atoms. The Morgan fingerprint density at radius 1 is 0.909 bits per heavy atom. The van der Waals surface area contributed by atoms with E-state index in [0.29, 0.717) is 29.4 Å². The van der Waals surface area contributed by atoms with E-state index in [-0.39, 0.29) is 17.0 Å². The monoisotopic (exact) mass is 446 g/mol. The number of hydrogen-bond acceptors (Lipinski definition) is 5. The van der Waals surface area contributed by atoms with Crippen molar-refractivity contribution in [1.82, 2.24) is 0 Å². The number of imide groups is 1. The first-order chi connectivity index (χ1) is 16.0. The lowest BCUT2D eigenvalue weighted by atomic mass is 10.0. The predicted molar refractivity (Wildman–Crippen MR) is 125 cm³/mol. The van der Waals surface area contributed by atoms with Crippen LogP contribution in [0.25, 0.3) is 5.57 Å². The van der Waals surface area contributed by atoms with Crippen LogP contribution in [0.2, 0.25) is 0 Å². The first-order valence-corrected chi connectivity index (χ1v) is 10.5. The second-order valence-corrected chi connectivity index (χ2v) is 7.40. The Morgan fingerprint density at radius 2 is 1.64 bits per heavy atom. The second kappa shape index (κ2) is 9.56. The number of ether oxygens (including phenoxy) is 2. The first-order valence-electron chi connectivity index (χ1n) is 10.5. The van der Waals surface area contributed by atoms with Crippen LogP contribution in [0.15, 0.2) is 78.5 Å². The number of rotatable bonds is 8. The van der Waals surface area contributed by atoms with Crippen LogP contribution in [-0.4, -0.2) is 25.5 Å². The van der Waals surface area contributed by atoms with Gasteiger partial charge >= 0.3 is 0 Å². The predicted octanol–water partition coefficient (Wildman–Crippen LogP) is 5.02. The molecule has 33 heavy (non-hydrogen) atoms. The molecule has 0 radical (unpaired) electrons. The van der Waals surface area contributed by atoms with Crippen LogP contribution < -0.4 is 19.7 Å². The summed E-state index contributed by atoms with van der Waals surface area (Å²) < 4.78 is 24.3. The number of carbonyl (C=O) groups is 2. The first kappa shape index (κ1) is 22.1. The highest BCUT2D eigenvalue weighted by Crippen LogP contribution is 2.34. The van der Waals surface area contributed by atoms with Crippen LogP contribution in [0.1, 0.15) is 18.9 Å². The van der Waals surface area contributed by atoms with Gasteiger partial charge in [0, 0.05) is 11.8 Å². The number of anilines is 2. The summed E-state index contributed by atoms with van der Waals surface area (Å²) in [4.78, 5) is 27.9. The lowest BCUT2D eigenvalue weighted by Gasteiger charge is -2.15. The summed E-state index contributed by atoms with van der Waals surface area (Å²) in [7, 11) is 1.55. The van der Waals surface area contributed by atoms with Crippen molar-refractivity contribution in [3.8, 4) is 11.5 Å². The fourth-order valence-electron chi connectivity index (χ4n) is 3.52. The molecule has 3 aromatic carbocycles. The van der Waals surface area contributed by atoms with Crippen LogP contribution in [-0.2, 0) is 9.59 Å².